The molecule has 0 saturated heterocycles. The number of anilines is 1. The van der Waals surface area contributed by atoms with Gasteiger partial charge >= 0.3 is 12.2 Å². The Bertz CT molecular complexity index is 1120. The van der Waals surface area contributed by atoms with Gasteiger partial charge in [0.05, 0.1) is 0 Å². The Kier molecular flexibility index (Phi) is 15.4. The molecular formula is C26H37N5O9S. The van der Waals surface area contributed by atoms with Gasteiger partial charge in [0, 0.05) is 47.7 Å². The molecule has 2 atom stereocenters. The summed E-state index contributed by atoms with van der Waals surface area (Å²) in [5.74, 6) is -1.58. The van der Waals surface area contributed by atoms with Crippen LogP contribution in [0.15, 0.2) is 36.4 Å². The zero-order valence-corrected chi connectivity index (χ0v) is 24.5. The van der Waals surface area contributed by atoms with Crippen LogP contribution in [0.2, 0.25) is 0 Å². The zero-order chi connectivity index (χ0) is 30.9. The minimum absolute atomic E-state index is 0.00539. The van der Waals surface area contributed by atoms with Crippen molar-refractivity contribution in [2.75, 3.05) is 37.0 Å². The van der Waals surface area contributed by atoms with E-state index in [1.807, 2.05) is 13.8 Å². The molecule has 0 aliphatic heterocycles. The molecule has 0 aliphatic rings. The molecule has 1 rings (SSSR count). The molecule has 3 N–H and O–H groups in total. The molecule has 0 saturated carbocycles. The quantitative estimate of drug-likeness (QED) is 0.162. The number of nitrogens with zero attached hydrogens (tertiary/aromatic N) is 2. The smallest absolute Gasteiger partial charge is 0.432 e. The molecular weight excluding hydrogens is 558 g/mol. The monoisotopic (exact) mass is 595 g/mol. The third kappa shape index (κ3) is 14.1. The van der Waals surface area contributed by atoms with Crippen LogP contribution in [-0.4, -0.2) is 88.2 Å². The van der Waals surface area contributed by atoms with Crippen LogP contribution in [0, 0.1) is 5.92 Å². The standard InChI is InChI=1S/C26H37N5O9S/c1-6-7-23(34)31(17-32)40-25(36)27-14-22(33)28-19(4)24(35)29-21-10-8-20(9-11-21)16-39-26(37)30(15-18(2)3)12-13-41(5)38/h6-11,17-19H,12-16H2,1-5H3,(H,27,36)(H,28,33)(H,29,35)/b7-6-. The second-order valence-electron chi connectivity index (χ2n) is 9.15. The highest BCUT2D eigenvalue weighted by atomic mass is 32.2. The first kappa shape index (κ1) is 34.8. The van der Waals surface area contributed by atoms with Gasteiger partial charge in [-0.1, -0.05) is 37.1 Å². The summed E-state index contributed by atoms with van der Waals surface area (Å²) in [4.78, 5) is 77.2. The van der Waals surface area contributed by atoms with Crippen LogP contribution in [-0.2, 0) is 46.2 Å². The maximum absolute atomic E-state index is 12.5. The van der Waals surface area contributed by atoms with E-state index in [1.54, 1.807) is 30.5 Å². The van der Waals surface area contributed by atoms with Crippen LogP contribution < -0.4 is 16.0 Å². The first-order valence-electron chi connectivity index (χ1n) is 12.6. The topological polar surface area (TPSA) is 181 Å². The van der Waals surface area contributed by atoms with Crippen LogP contribution in [0.3, 0.4) is 0 Å². The molecule has 226 valence electrons. The van der Waals surface area contributed by atoms with Crippen molar-refractivity contribution >= 4 is 52.8 Å². The molecule has 15 heteroatoms. The van der Waals surface area contributed by atoms with E-state index in [1.165, 1.54) is 24.8 Å². The summed E-state index contributed by atoms with van der Waals surface area (Å²) in [5.41, 5.74) is 1.11. The molecule has 0 aromatic heterocycles. The summed E-state index contributed by atoms with van der Waals surface area (Å²) in [5, 5.41) is 7.23. The zero-order valence-electron chi connectivity index (χ0n) is 23.7. The lowest BCUT2D eigenvalue weighted by molar-refractivity contribution is -0.166. The van der Waals surface area contributed by atoms with Crippen molar-refractivity contribution in [3.8, 4) is 0 Å². The number of allylic oxidation sites excluding steroid dienone is 1. The van der Waals surface area contributed by atoms with Crippen LogP contribution in [0.5, 0.6) is 0 Å². The minimum Gasteiger partial charge on any atom is -0.445 e. The highest BCUT2D eigenvalue weighted by molar-refractivity contribution is 7.84. The normalized spacial score (nSPS) is 12.1. The fraction of sp³-hybridized carbons (Fsp3) is 0.462. The lowest BCUT2D eigenvalue weighted by Gasteiger charge is -2.23. The fourth-order valence-corrected chi connectivity index (χ4v) is 3.55. The van der Waals surface area contributed by atoms with Crippen molar-refractivity contribution in [2.24, 2.45) is 5.92 Å². The van der Waals surface area contributed by atoms with Gasteiger partial charge in [-0.3, -0.25) is 23.4 Å². The number of nitrogens with one attached hydrogen (secondary N) is 3. The predicted molar refractivity (Wildman–Crippen MR) is 150 cm³/mol. The Morgan fingerprint density at radius 2 is 1.73 bits per heavy atom. The van der Waals surface area contributed by atoms with Crippen molar-refractivity contribution in [2.45, 2.75) is 40.3 Å². The van der Waals surface area contributed by atoms with E-state index in [-0.39, 0.29) is 24.0 Å². The molecule has 0 heterocycles. The number of carbonyl (C=O) groups excluding carboxylic acids is 6. The van der Waals surface area contributed by atoms with Gasteiger partial charge in [0.2, 0.25) is 11.8 Å². The average molecular weight is 596 g/mol. The van der Waals surface area contributed by atoms with E-state index in [0.717, 1.165) is 6.08 Å². The molecule has 0 aliphatic carbocycles. The number of rotatable bonds is 14. The molecule has 41 heavy (non-hydrogen) atoms. The van der Waals surface area contributed by atoms with Crippen molar-refractivity contribution < 1.29 is 42.6 Å². The summed E-state index contributed by atoms with van der Waals surface area (Å²) in [7, 11) is -1.03. The first-order valence-corrected chi connectivity index (χ1v) is 14.4. The maximum atomic E-state index is 12.5. The second kappa shape index (κ2) is 18.1. The van der Waals surface area contributed by atoms with Gasteiger partial charge in [-0.15, -0.1) is 0 Å². The molecule has 2 unspecified atom stereocenters. The molecule has 1 aromatic carbocycles. The maximum Gasteiger partial charge on any atom is 0.432 e. The second-order valence-corrected chi connectivity index (χ2v) is 10.7. The van der Waals surface area contributed by atoms with E-state index < -0.39 is 53.3 Å². The number of hydrogen-bond acceptors (Lipinski definition) is 9. The van der Waals surface area contributed by atoms with Gasteiger partial charge in [-0.25, -0.2) is 9.59 Å². The number of hydrogen-bond donors (Lipinski definition) is 3. The van der Waals surface area contributed by atoms with Gasteiger partial charge in [0.15, 0.2) is 0 Å². The number of imide groups is 1. The first-order chi connectivity index (χ1) is 19.4. The Balaban J connectivity index is 2.52. The van der Waals surface area contributed by atoms with Crippen LogP contribution in [0.1, 0.15) is 33.3 Å². The third-order valence-electron chi connectivity index (χ3n) is 5.04. The number of hydroxylamine groups is 2. The third-order valence-corrected chi connectivity index (χ3v) is 5.80. The Morgan fingerprint density at radius 1 is 1.07 bits per heavy atom. The van der Waals surface area contributed by atoms with Crippen molar-refractivity contribution in [3.63, 3.8) is 0 Å². The molecule has 14 nitrogen and oxygen atoms in total. The van der Waals surface area contributed by atoms with Crippen LogP contribution >= 0.6 is 0 Å². The number of amides is 6. The minimum atomic E-state index is -1.22. The van der Waals surface area contributed by atoms with Crippen molar-refractivity contribution in [3.05, 3.63) is 42.0 Å². The van der Waals surface area contributed by atoms with E-state index in [4.69, 9.17) is 4.74 Å². The van der Waals surface area contributed by atoms with E-state index in [2.05, 4.69) is 20.8 Å². The SMILES string of the molecule is C/C=C\C(=O)N(C=O)OC(=O)NCC(=O)NC(C)C(=O)Nc1ccc(COC(=O)N(CCS(C)=O)CC(C)C)cc1. The fourth-order valence-electron chi connectivity index (χ4n) is 3.07. The van der Waals surface area contributed by atoms with Gasteiger partial charge in [-0.05, 0) is 37.5 Å². The van der Waals surface area contributed by atoms with Crippen molar-refractivity contribution in [1.29, 1.82) is 0 Å². The van der Waals surface area contributed by atoms with Crippen LogP contribution in [0.4, 0.5) is 15.3 Å². The van der Waals surface area contributed by atoms with Gasteiger partial charge in [0.25, 0.3) is 12.3 Å². The highest BCUT2D eigenvalue weighted by Crippen LogP contribution is 2.12. The number of benzene rings is 1. The Morgan fingerprint density at radius 3 is 2.29 bits per heavy atom. The number of carbonyl (C=O) groups is 6. The van der Waals surface area contributed by atoms with E-state index in [9.17, 15) is 33.0 Å². The molecule has 6 amide bonds. The summed E-state index contributed by atoms with van der Waals surface area (Å²) >= 11 is 0. The Hall–Kier alpha value is -4.27. The largest absolute Gasteiger partial charge is 0.445 e. The van der Waals surface area contributed by atoms with Gasteiger partial charge < -0.3 is 30.4 Å². The summed E-state index contributed by atoms with van der Waals surface area (Å²) < 4.78 is 16.8. The number of ether oxygens (including phenoxy) is 1. The molecule has 1 aromatic rings. The van der Waals surface area contributed by atoms with Crippen LogP contribution in [0.25, 0.3) is 0 Å². The molecule has 0 bridgehead atoms. The van der Waals surface area contributed by atoms with Crippen molar-refractivity contribution in [1.82, 2.24) is 20.6 Å². The van der Waals surface area contributed by atoms with Gasteiger partial charge in [0.1, 0.15) is 19.2 Å². The predicted octanol–water partition coefficient (Wildman–Crippen LogP) is 1.31. The van der Waals surface area contributed by atoms with E-state index >= 15 is 0 Å². The average Bonchev–Trinajstić information content (AvgIpc) is 2.91. The Labute approximate surface area is 241 Å². The highest BCUT2D eigenvalue weighted by Gasteiger charge is 2.20. The van der Waals surface area contributed by atoms with E-state index in [0.29, 0.717) is 30.1 Å². The van der Waals surface area contributed by atoms with Gasteiger partial charge in [-0.2, -0.15) is 0 Å². The summed E-state index contributed by atoms with van der Waals surface area (Å²) in [6.45, 7) is 7.13. The summed E-state index contributed by atoms with van der Waals surface area (Å²) in [6, 6.07) is 5.56. The molecule has 0 spiro atoms. The lowest BCUT2D eigenvalue weighted by atomic mass is 10.2. The lowest BCUT2D eigenvalue weighted by Crippen LogP contribution is -2.46. The summed E-state index contributed by atoms with van der Waals surface area (Å²) in [6.07, 6.45) is 2.19. The molecule has 0 radical (unpaired) electrons. The molecule has 0 fully saturated rings.